The first-order valence-corrected chi connectivity index (χ1v) is 12.3. The summed E-state index contributed by atoms with van der Waals surface area (Å²) < 4.78 is 89.8. The van der Waals surface area contributed by atoms with Gasteiger partial charge in [-0.3, -0.25) is 4.79 Å². The van der Waals surface area contributed by atoms with Crippen molar-refractivity contribution in [2.45, 2.75) is 29.3 Å². The second kappa shape index (κ2) is 8.45. The fraction of sp³-hybridized carbons (Fsp3) is 0.368. The summed E-state index contributed by atoms with van der Waals surface area (Å²) in [6.07, 6.45) is 0.851. The van der Waals surface area contributed by atoms with Gasteiger partial charge in [-0.05, 0) is 43.2 Å². The zero-order valence-corrected chi connectivity index (χ0v) is 18.8. The molecule has 1 amide bonds. The number of nitrogens with zero attached hydrogens (tertiary/aromatic N) is 3. The fourth-order valence-electron chi connectivity index (χ4n) is 3.30. The van der Waals surface area contributed by atoms with Crippen molar-refractivity contribution < 1.29 is 34.8 Å². The van der Waals surface area contributed by atoms with E-state index < -0.39 is 41.9 Å². The number of sulfonamides is 1. The smallest absolute Gasteiger partial charge is 0.336 e. The second-order valence-corrected chi connectivity index (χ2v) is 11.0. The van der Waals surface area contributed by atoms with Gasteiger partial charge >= 0.3 is 5.51 Å². The number of rotatable bonds is 4. The number of amides is 1. The van der Waals surface area contributed by atoms with Crippen molar-refractivity contribution in [2.75, 3.05) is 26.2 Å². The molecule has 0 bridgehead atoms. The van der Waals surface area contributed by atoms with E-state index >= 15 is 0 Å². The molecule has 174 valence electrons. The summed E-state index contributed by atoms with van der Waals surface area (Å²) in [6.45, 7) is 2.99. The number of carbonyl (C=O) groups excluding carboxylic acids is 1. The van der Waals surface area contributed by atoms with Gasteiger partial charge in [0.25, 0.3) is 15.7 Å². The molecule has 0 atom stereocenters. The van der Waals surface area contributed by atoms with Gasteiger partial charge in [0, 0.05) is 32.4 Å². The highest BCUT2D eigenvalue weighted by Gasteiger charge is 2.50. The monoisotopic (exact) mass is 491 g/mol. The highest BCUT2D eigenvalue weighted by atomic mass is 32.2. The van der Waals surface area contributed by atoms with E-state index in [9.17, 15) is 34.8 Å². The van der Waals surface area contributed by atoms with Crippen LogP contribution in [0.25, 0.3) is 0 Å². The summed E-state index contributed by atoms with van der Waals surface area (Å²) in [5.41, 5.74) is -5.01. The molecule has 8 nitrogen and oxygen atoms in total. The number of aromatic nitrogens is 1. The Kier molecular flexibility index (Phi) is 6.37. The predicted molar refractivity (Wildman–Crippen MR) is 108 cm³/mol. The first-order chi connectivity index (χ1) is 14.8. The largest absolute Gasteiger partial charge is 0.503 e. The van der Waals surface area contributed by atoms with Crippen LogP contribution in [0.3, 0.4) is 0 Å². The molecule has 32 heavy (non-hydrogen) atoms. The molecular weight excluding hydrogens is 471 g/mol. The molecule has 1 saturated heterocycles. The molecule has 1 aliphatic rings. The number of aryl methyl sites for hydroxylation is 2. The van der Waals surface area contributed by atoms with Gasteiger partial charge in [-0.2, -0.15) is 17.5 Å². The van der Waals surface area contributed by atoms with E-state index in [1.807, 2.05) is 0 Å². The van der Waals surface area contributed by atoms with Gasteiger partial charge in [0.15, 0.2) is 5.03 Å². The number of hydrogen-bond acceptors (Lipinski definition) is 6. The summed E-state index contributed by atoms with van der Waals surface area (Å²) in [6, 6.07) is 7.13. The predicted octanol–water partition coefficient (Wildman–Crippen LogP) is 2.14. The van der Waals surface area contributed by atoms with Crippen LogP contribution in [0.15, 0.2) is 46.5 Å². The van der Waals surface area contributed by atoms with Crippen LogP contribution in [0.5, 0.6) is 0 Å². The maximum atomic E-state index is 13.0. The third-order valence-electron chi connectivity index (χ3n) is 5.05. The molecule has 0 unspecified atom stereocenters. The van der Waals surface area contributed by atoms with Gasteiger partial charge < -0.3 is 4.90 Å². The Balaban J connectivity index is 1.83. The topological polar surface area (TPSA) is 105 Å². The van der Waals surface area contributed by atoms with Crippen LogP contribution in [-0.4, -0.2) is 68.6 Å². The van der Waals surface area contributed by atoms with E-state index in [1.165, 1.54) is 4.31 Å². The second-order valence-electron chi connectivity index (χ2n) is 7.27. The van der Waals surface area contributed by atoms with E-state index in [2.05, 4.69) is 4.98 Å². The lowest BCUT2D eigenvalue weighted by Crippen LogP contribution is -2.50. The van der Waals surface area contributed by atoms with Crippen molar-refractivity contribution in [3.05, 3.63) is 53.2 Å². The van der Waals surface area contributed by atoms with Gasteiger partial charge in [-0.25, -0.2) is 21.8 Å². The van der Waals surface area contributed by atoms with E-state index in [-0.39, 0.29) is 31.1 Å². The molecule has 1 aromatic carbocycles. The summed E-state index contributed by atoms with van der Waals surface area (Å²) in [7, 11) is -9.68. The van der Waals surface area contributed by atoms with Crippen LogP contribution in [0, 0.1) is 13.8 Å². The number of pyridine rings is 1. The van der Waals surface area contributed by atoms with E-state index in [0.29, 0.717) is 5.56 Å². The minimum absolute atomic E-state index is 0.0942. The third-order valence-corrected chi connectivity index (χ3v) is 8.53. The number of alkyl halides is 3. The van der Waals surface area contributed by atoms with Crippen molar-refractivity contribution in [3.8, 4) is 0 Å². The maximum Gasteiger partial charge on any atom is 0.503 e. The standard InChI is InChI=1S/C19H20F3N3O5S2/c1-13-5-6-14(2)16(12-13)32(29,30)25-10-8-24(9-11-25)18(26)15-4-3-7-23-17(15)31(27,28)19(20,21)22/h3-7,12H,8-11H2,1-2H3. The number of hydrogen-bond donors (Lipinski definition) is 0. The molecule has 0 radical (unpaired) electrons. The zero-order valence-electron chi connectivity index (χ0n) is 17.1. The number of benzene rings is 1. The number of sulfone groups is 1. The summed E-state index contributed by atoms with van der Waals surface area (Å²) in [4.78, 5) is 17.3. The average Bonchev–Trinajstić information content (AvgIpc) is 2.74. The average molecular weight is 492 g/mol. The number of halogens is 3. The Morgan fingerprint density at radius 1 is 1.00 bits per heavy atom. The van der Waals surface area contributed by atoms with Crippen LogP contribution < -0.4 is 0 Å². The number of carbonyl (C=O) groups is 1. The SMILES string of the molecule is Cc1ccc(C)c(S(=O)(=O)N2CCN(C(=O)c3cccnc3S(=O)(=O)C(F)(F)F)CC2)c1. The third kappa shape index (κ3) is 4.36. The van der Waals surface area contributed by atoms with Crippen molar-refractivity contribution in [2.24, 2.45) is 0 Å². The van der Waals surface area contributed by atoms with Crippen LogP contribution in [0.4, 0.5) is 13.2 Å². The molecule has 3 rings (SSSR count). The van der Waals surface area contributed by atoms with Crippen LogP contribution in [-0.2, 0) is 19.9 Å². The van der Waals surface area contributed by atoms with Crippen molar-refractivity contribution in [3.63, 3.8) is 0 Å². The first kappa shape index (κ1) is 24.1. The number of piperazine rings is 1. The summed E-state index contributed by atoms with van der Waals surface area (Å²) in [5.74, 6) is -0.968. The zero-order chi connectivity index (χ0) is 23.9. The van der Waals surface area contributed by atoms with Gasteiger partial charge in [0.2, 0.25) is 10.0 Å². The van der Waals surface area contributed by atoms with Gasteiger partial charge in [0.1, 0.15) is 0 Å². The Bertz CT molecular complexity index is 1250. The minimum atomic E-state index is -5.83. The molecule has 0 saturated carbocycles. The van der Waals surface area contributed by atoms with Crippen molar-refractivity contribution in [1.82, 2.24) is 14.2 Å². The highest BCUT2D eigenvalue weighted by Crippen LogP contribution is 2.31. The quantitative estimate of drug-likeness (QED) is 0.649. The van der Waals surface area contributed by atoms with Crippen molar-refractivity contribution in [1.29, 1.82) is 0 Å². The Morgan fingerprint density at radius 3 is 2.22 bits per heavy atom. The molecule has 0 aliphatic carbocycles. The molecule has 1 fully saturated rings. The van der Waals surface area contributed by atoms with Gasteiger partial charge in [0.05, 0.1) is 10.5 Å². The van der Waals surface area contributed by atoms with Gasteiger partial charge in [-0.15, -0.1) is 0 Å². The van der Waals surface area contributed by atoms with E-state index in [1.54, 1.807) is 32.0 Å². The van der Waals surface area contributed by atoms with Crippen LogP contribution >= 0.6 is 0 Å². The van der Waals surface area contributed by atoms with Crippen LogP contribution in [0.2, 0.25) is 0 Å². The minimum Gasteiger partial charge on any atom is -0.336 e. The first-order valence-electron chi connectivity index (χ1n) is 9.40. The molecule has 2 aromatic rings. The Labute approximate surface area is 183 Å². The lowest BCUT2D eigenvalue weighted by Gasteiger charge is -2.34. The molecule has 0 spiro atoms. The van der Waals surface area contributed by atoms with E-state index in [4.69, 9.17) is 0 Å². The lowest BCUT2D eigenvalue weighted by atomic mass is 10.2. The molecule has 0 N–H and O–H groups in total. The van der Waals surface area contributed by atoms with Gasteiger partial charge in [-0.1, -0.05) is 12.1 Å². The van der Waals surface area contributed by atoms with E-state index in [0.717, 1.165) is 28.8 Å². The summed E-state index contributed by atoms with van der Waals surface area (Å²) >= 11 is 0. The Hall–Kier alpha value is -2.51. The lowest BCUT2D eigenvalue weighted by molar-refractivity contribution is -0.0438. The fourth-order valence-corrected chi connectivity index (χ4v) is 5.90. The molecule has 1 aliphatic heterocycles. The van der Waals surface area contributed by atoms with Crippen LogP contribution in [0.1, 0.15) is 21.5 Å². The molecule has 1 aromatic heterocycles. The summed E-state index contributed by atoms with van der Waals surface area (Å²) in [5, 5.41) is -1.37. The highest BCUT2D eigenvalue weighted by molar-refractivity contribution is 7.92. The van der Waals surface area contributed by atoms with Crippen molar-refractivity contribution >= 4 is 25.8 Å². The molecule has 2 heterocycles. The Morgan fingerprint density at radius 2 is 1.62 bits per heavy atom. The maximum absolute atomic E-state index is 13.0. The normalized spacial score (nSPS) is 16.2. The molecule has 13 heteroatoms. The molecular formula is C19H20F3N3O5S2.